The van der Waals surface area contributed by atoms with Crippen LogP contribution in [0.2, 0.25) is 0 Å². The van der Waals surface area contributed by atoms with Crippen LogP contribution < -0.4 is 5.32 Å². The fraction of sp³-hybridized carbons (Fsp3) is 0.538. The van der Waals surface area contributed by atoms with Crippen molar-refractivity contribution in [2.24, 2.45) is 0 Å². The smallest absolute Gasteiger partial charge is 0.175 e. The number of hydrogen-bond donors (Lipinski definition) is 1. The van der Waals surface area contributed by atoms with Crippen molar-refractivity contribution in [2.45, 2.75) is 30.1 Å². The molecular formula is C13H19NO2S. The predicted molar refractivity (Wildman–Crippen MR) is 69.0 cm³/mol. The third kappa shape index (κ3) is 2.69. The second-order valence-corrected chi connectivity index (χ2v) is 7.15. The summed E-state index contributed by atoms with van der Waals surface area (Å²) in [6.07, 6.45) is 3.56. The fourth-order valence-electron chi connectivity index (χ4n) is 2.41. The lowest BCUT2D eigenvalue weighted by molar-refractivity contribution is 0.339. The van der Waals surface area contributed by atoms with Gasteiger partial charge in [0.2, 0.25) is 0 Å². The maximum atomic E-state index is 11.4. The highest BCUT2D eigenvalue weighted by atomic mass is 32.2. The van der Waals surface area contributed by atoms with Gasteiger partial charge in [0.05, 0.1) is 4.90 Å². The first kappa shape index (κ1) is 12.6. The van der Waals surface area contributed by atoms with E-state index in [-0.39, 0.29) is 5.41 Å². The minimum atomic E-state index is -3.09. The minimum absolute atomic E-state index is 0.133. The first-order chi connectivity index (χ1) is 7.92. The number of piperidine rings is 1. The van der Waals surface area contributed by atoms with Gasteiger partial charge in [0.25, 0.3) is 0 Å². The van der Waals surface area contributed by atoms with E-state index in [4.69, 9.17) is 0 Å². The van der Waals surface area contributed by atoms with Crippen LogP contribution in [0.3, 0.4) is 0 Å². The first-order valence-corrected chi connectivity index (χ1v) is 7.82. The van der Waals surface area contributed by atoms with Crippen LogP contribution in [0, 0.1) is 0 Å². The molecule has 94 valence electrons. The van der Waals surface area contributed by atoms with Gasteiger partial charge < -0.3 is 5.32 Å². The molecule has 1 saturated heterocycles. The Bertz CT molecular complexity index is 485. The van der Waals surface area contributed by atoms with E-state index in [9.17, 15) is 8.42 Å². The molecule has 0 saturated carbocycles. The van der Waals surface area contributed by atoms with Crippen molar-refractivity contribution in [3.05, 3.63) is 29.8 Å². The van der Waals surface area contributed by atoms with Crippen LogP contribution in [-0.2, 0) is 15.3 Å². The summed E-state index contributed by atoms with van der Waals surface area (Å²) in [6, 6.07) is 7.32. The molecule has 1 aliphatic rings. The Morgan fingerprint density at radius 1 is 1.24 bits per heavy atom. The Balaban J connectivity index is 2.29. The Morgan fingerprint density at radius 2 is 1.88 bits per heavy atom. The molecule has 1 atom stereocenters. The van der Waals surface area contributed by atoms with Crippen LogP contribution in [0.5, 0.6) is 0 Å². The van der Waals surface area contributed by atoms with Crippen LogP contribution in [-0.4, -0.2) is 27.8 Å². The van der Waals surface area contributed by atoms with Gasteiger partial charge in [-0.25, -0.2) is 8.42 Å². The van der Waals surface area contributed by atoms with Crippen LogP contribution in [0.25, 0.3) is 0 Å². The number of nitrogens with one attached hydrogen (secondary N) is 1. The van der Waals surface area contributed by atoms with E-state index in [1.54, 1.807) is 12.1 Å². The first-order valence-electron chi connectivity index (χ1n) is 5.93. The van der Waals surface area contributed by atoms with Crippen molar-refractivity contribution >= 4 is 9.84 Å². The van der Waals surface area contributed by atoms with Gasteiger partial charge in [0, 0.05) is 18.2 Å². The maximum Gasteiger partial charge on any atom is 0.175 e. The third-order valence-electron chi connectivity index (χ3n) is 3.58. The van der Waals surface area contributed by atoms with Crippen molar-refractivity contribution in [3.63, 3.8) is 0 Å². The molecule has 0 amide bonds. The molecular weight excluding hydrogens is 234 g/mol. The van der Waals surface area contributed by atoms with Gasteiger partial charge in [-0.05, 0) is 37.1 Å². The summed E-state index contributed by atoms with van der Waals surface area (Å²) < 4.78 is 22.8. The highest BCUT2D eigenvalue weighted by molar-refractivity contribution is 7.90. The quantitative estimate of drug-likeness (QED) is 0.873. The molecule has 1 fully saturated rings. The number of sulfone groups is 1. The molecule has 1 heterocycles. The van der Waals surface area contributed by atoms with Gasteiger partial charge in [-0.2, -0.15) is 0 Å². The van der Waals surface area contributed by atoms with Gasteiger partial charge in [0.1, 0.15) is 0 Å². The Labute approximate surface area is 103 Å². The summed E-state index contributed by atoms with van der Waals surface area (Å²) in [5.41, 5.74) is 1.35. The zero-order valence-corrected chi connectivity index (χ0v) is 11.2. The van der Waals surface area contributed by atoms with Crippen LogP contribution in [0.15, 0.2) is 29.2 Å². The molecule has 1 aromatic carbocycles. The SMILES string of the molecule is CC1(c2ccc(S(C)(=O)=O)cc2)CCCNC1. The van der Waals surface area contributed by atoms with Crippen molar-refractivity contribution in [3.8, 4) is 0 Å². The van der Waals surface area contributed by atoms with E-state index in [1.807, 2.05) is 12.1 Å². The molecule has 3 nitrogen and oxygen atoms in total. The zero-order valence-electron chi connectivity index (χ0n) is 10.4. The average molecular weight is 253 g/mol. The lowest BCUT2D eigenvalue weighted by Gasteiger charge is -2.34. The highest BCUT2D eigenvalue weighted by Gasteiger charge is 2.28. The second kappa shape index (κ2) is 4.42. The molecule has 0 spiro atoms. The normalized spacial score (nSPS) is 25.8. The molecule has 0 bridgehead atoms. The van der Waals surface area contributed by atoms with Crippen LogP contribution in [0.4, 0.5) is 0 Å². The largest absolute Gasteiger partial charge is 0.316 e. The van der Waals surface area contributed by atoms with Gasteiger partial charge in [0.15, 0.2) is 9.84 Å². The number of benzene rings is 1. The lowest BCUT2D eigenvalue weighted by atomic mass is 9.77. The molecule has 1 aromatic rings. The Morgan fingerprint density at radius 3 is 2.35 bits per heavy atom. The lowest BCUT2D eigenvalue weighted by Crippen LogP contribution is -2.41. The van der Waals surface area contributed by atoms with Crippen LogP contribution in [0.1, 0.15) is 25.3 Å². The molecule has 0 aromatic heterocycles. The maximum absolute atomic E-state index is 11.4. The van der Waals surface area contributed by atoms with E-state index in [0.29, 0.717) is 4.90 Å². The molecule has 1 N–H and O–H groups in total. The van der Waals surface area contributed by atoms with Gasteiger partial charge >= 0.3 is 0 Å². The van der Waals surface area contributed by atoms with Crippen molar-refractivity contribution in [1.82, 2.24) is 5.32 Å². The minimum Gasteiger partial charge on any atom is -0.316 e. The van der Waals surface area contributed by atoms with Crippen molar-refractivity contribution in [2.75, 3.05) is 19.3 Å². The highest BCUT2D eigenvalue weighted by Crippen LogP contribution is 2.31. The molecule has 0 aliphatic carbocycles. The number of rotatable bonds is 2. The average Bonchev–Trinajstić information content (AvgIpc) is 2.29. The molecule has 0 radical (unpaired) electrons. The summed E-state index contributed by atoms with van der Waals surface area (Å²) in [5, 5.41) is 3.40. The molecule has 1 unspecified atom stereocenters. The summed E-state index contributed by atoms with van der Waals surface area (Å²) in [5.74, 6) is 0. The monoisotopic (exact) mass is 253 g/mol. The fourth-order valence-corrected chi connectivity index (χ4v) is 3.04. The van der Waals surface area contributed by atoms with E-state index < -0.39 is 9.84 Å². The molecule has 4 heteroatoms. The molecule has 1 aliphatic heterocycles. The summed E-state index contributed by atoms with van der Waals surface area (Å²) in [6.45, 7) is 4.27. The molecule has 2 rings (SSSR count). The topological polar surface area (TPSA) is 46.2 Å². The molecule has 17 heavy (non-hydrogen) atoms. The summed E-state index contributed by atoms with van der Waals surface area (Å²) in [4.78, 5) is 0.397. The van der Waals surface area contributed by atoms with E-state index in [2.05, 4.69) is 12.2 Å². The van der Waals surface area contributed by atoms with Gasteiger partial charge in [-0.3, -0.25) is 0 Å². The summed E-state index contributed by atoms with van der Waals surface area (Å²) in [7, 11) is -3.09. The van der Waals surface area contributed by atoms with Crippen LogP contribution >= 0.6 is 0 Å². The van der Waals surface area contributed by atoms with Crippen molar-refractivity contribution in [1.29, 1.82) is 0 Å². The zero-order chi connectivity index (χ0) is 12.5. The summed E-state index contributed by atoms with van der Waals surface area (Å²) >= 11 is 0. The van der Waals surface area contributed by atoms with E-state index in [0.717, 1.165) is 19.5 Å². The second-order valence-electron chi connectivity index (χ2n) is 5.14. The predicted octanol–water partition coefficient (Wildman–Crippen LogP) is 1.73. The Kier molecular flexibility index (Phi) is 3.27. The van der Waals surface area contributed by atoms with Crippen molar-refractivity contribution < 1.29 is 8.42 Å². The standard InChI is InChI=1S/C13H19NO2S/c1-13(8-3-9-14-10-13)11-4-6-12(7-5-11)17(2,15)16/h4-7,14H,3,8-10H2,1-2H3. The Hall–Kier alpha value is -0.870. The third-order valence-corrected chi connectivity index (χ3v) is 4.71. The van der Waals surface area contributed by atoms with E-state index in [1.165, 1.54) is 18.2 Å². The van der Waals surface area contributed by atoms with E-state index >= 15 is 0 Å². The van der Waals surface area contributed by atoms with Gasteiger partial charge in [-0.15, -0.1) is 0 Å². The number of hydrogen-bond acceptors (Lipinski definition) is 3. The van der Waals surface area contributed by atoms with Gasteiger partial charge in [-0.1, -0.05) is 19.1 Å².